The van der Waals surface area contributed by atoms with E-state index in [4.69, 9.17) is 0 Å². The van der Waals surface area contributed by atoms with Crippen LogP contribution in [0.4, 0.5) is 5.13 Å². The number of nitrogens with zero attached hydrogens (tertiary/aromatic N) is 3. The van der Waals surface area contributed by atoms with Gasteiger partial charge in [-0.1, -0.05) is 18.3 Å². The third-order valence-electron chi connectivity index (χ3n) is 2.96. The van der Waals surface area contributed by atoms with Crippen LogP contribution in [-0.4, -0.2) is 30.2 Å². The second kappa shape index (κ2) is 6.54. The van der Waals surface area contributed by atoms with Crippen molar-refractivity contribution in [3.63, 3.8) is 0 Å². The maximum Gasteiger partial charge on any atom is 0.265 e. The Labute approximate surface area is 128 Å². The van der Waals surface area contributed by atoms with Gasteiger partial charge in [-0.25, -0.2) is 8.42 Å². The topological polar surface area (TPSA) is 88.9 Å². The normalized spacial score (nSPS) is 11.8. The van der Waals surface area contributed by atoms with Crippen LogP contribution in [0, 0.1) is 0 Å². The fourth-order valence-electron chi connectivity index (χ4n) is 1.91. The molecule has 0 aliphatic heterocycles. The molecule has 0 unspecified atom stereocenters. The van der Waals surface area contributed by atoms with E-state index in [1.165, 1.54) is 11.3 Å². The van der Waals surface area contributed by atoms with Crippen molar-refractivity contribution in [1.29, 1.82) is 0 Å². The number of hydrogen-bond donors (Lipinski definition) is 2. The highest BCUT2D eigenvalue weighted by Gasteiger charge is 2.20. The van der Waals surface area contributed by atoms with Gasteiger partial charge in [-0.05, 0) is 26.5 Å². The van der Waals surface area contributed by atoms with Crippen LogP contribution < -0.4 is 10.0 Å². The minimum absolute atomic E-state index is 0.239. The molecule has 0 spiro atoms. The van der Waals surface area contributed by atoms with Crippen molar-refractivity contribution in [2.75, 3.05) is 11.8 Å². The van der Waals surface area contributed by atoms with E-state index in [-0.39, 0.29) is 4.90 Å². The maximum absolute atomic E-state index is 12.4. The van der Waals surface area contributed by atoms with Gasteiger partial charge in [-0.3, -0.25) is 4.72 Å². The molecule has 0 aliphatic carbocycles. The zero-order chi connectivity index (χ0) is 15.5. The lowest BCUT2D eigenvalue weighted by Crippen LogP contribution is -2.12. The molecule has 0 saturated heterocycles. The van der Waals surface area contributed by atoms with E-state index in [0.29, 0.717) is 18.2 Å². The second-order valence-corrected chi connectivity index (χ2v) is 7.19. The van der Waals surface area contributed by atoms with Gasteiger partial charge in [0.2, 0.25) is 5.13 Å². The number of hydrogen-bond acceptors (Lipinski definition) is 6. The molecule has 9 heteroatoms. The van der Waals surface area contributed by atoms with Gasteiger partial charge >= 0.3 is 0 Å². The lowest BCUT2D eigenvalue weighted by molar-refractivity contribution is 0.600. The third kappa shape index (κ3) is 3.60. The van der Waals surface area contributed by atoms with E-state index in [9.17, 15) is 8.42 Å². The zero-order valence-corrected chi connectivity index (χ0v) is 13.9. The number of rotatable bonds is 7. The van der Waals surface area contributed by atoms with E-state index < -0.39 is 10.0 Å². The van der Waals surface area contributed by atoms with Crippen LogP contribution in [0.1, 0.15) is 24.5 Å². The molecule has 7 nitrogen and oxygen atoms in total. The minimum Gasteiger partial charge on any atom is -0.349 e. The van der Waals surface area contributed by atoms with Gasteiger partial charge in [0.1, 0.15) is 9.90 Å². The first kappa shape index (κ1) is 15.9. The largest absolute Gasteiger partial charge is 0.349 e. The molecule has 2 heterocycles. The Bertz CT molecular complexity index is 705. The molecule has 0 aliphatic rings. The molecule has 0 bridgehead atoms. The number of sulfonamides is 1. The number of aryl methyl sites for hydroxylation is 2. The van der Waals surface area contributed by atoms with E-state index in [0.717, 1.165) is 17.1 Å². The summed E-state index contributed by atoms with van der Waals surface area (Å²) in [5.41, 5.74) is 0.923. The highest BCUT2D eigenvalue weighted by Crippen LogP contribution is 2.21. The third-order valence-corrected chi connectivity index (χ3v) is 5.38. The molecule has 2 rings (SSSR count). The van der Waals surface area contributed by atoms with Crippen molar-refractivity contribution in [1.82, 2.24) is 20.1 Å². The lowest BCUT2D eigenvalue weighted by atomic mass is 10.4. The van der Waals surface area contributed by atoms with Crippen molar-refractivity contribution >= 4 is 26.5 Å². The first-order valence-electron chi connectivity index (χ1n) is 6.69. The molecule has 2 aromatic rings. The molecule has 0 radical (unpaired) electrons. The SMILES string of the molecule is CCc1nnc(NS(=O)(=O)c2cc(CNC)n(CC)c2)s1. The number of anilines is 1. The van der Waals surface area contributed by atoms with Crippen LogP contribution in [0.25, 0.3) is 0 Å². The van der Waals surface area contributed by atoms with Crippen molar-refractivity contribution in [2.45, 2.75) is 38.3 Å². The molecule has 0 fully saturated rings. The predicted octanol–water partition coefficient (Wildman–Crippen LogP) is 1.44. The van der Waals surface area contributed by atoms with Gasteiger partial charge in [-0.15, -0.1) is 10.2 Å². The fraction of sp³-hybridized carbons (Fsp3) is 0.500. The first-order chi connectivity index (χ1) is 10.00. The molecule has 0 saturated carbocycles. The first-order valence-corrected chi connectivity index (χ1v) is 8.99. The average molecular weight is 329 g/mol. The van der Waals surface area contributed by atoms with Crippen LogP contribution in [0.2, 0.25) is 0 Å². The maximum atomic E-state index is 12.4. The molecular formula is C12H19N5O2S2. The van der Waals surface area contributed by atoms with Crippen molar-refractivity contribution in [3.8, 4) is 0 Å². The Balaban J connectivity index is 2.26. The van der Waals surface area contributed by atoms with Gasteiger partial charge in [0.25, 0.3) is 10.0 Å². The Hall–Kier alpha value is -1.45. The molecule has 2 aromatic heterocycles. The molecule has 0 atom stereocenters. The second-order valence-electron chi connectivity index (χ2n) is 4.44. The summed E-state index contributed by atoms with van der Waals surface area (Å²) in [6, 6.07) is 1.67. The van der Waals surface area contributed by atoms with Crippen LogP contribution in [0.3, 0.4) is 0 Å². The lowest BCUT2D eigenvalue weighted by Gasteiger charge is -2.03. The van der Waals surface area contributed by atoms with Crippen molar-refractivity contribution < 1.29 is 8.42 Å². The average Bonchev–Trinajstić information content (AvgIpc) is 3.05. The van der Waals surface area contributed by atoms with Crippen molar-refractivity contribution in [3.05, 3.63) is 23.0 Å². The van der Waals surface area contributed by atoms with Crippen molar-refractivity contribution in [2.24, 2.45) is 0 Å². The Morgan fingerprint density at radius 1 is 1.33 bits per heavy atom. The molecule has 0 aromatic carbocycles. The Morgan fingerprint density at radius 2 is 2.10 bits per heavy atom. The molecule has 0 amide bonds. The highest BCUT2D eigenvalue weighted by molar-refractivity contribution is 7.93. The summed E-state index contributed by atoms with van der Waals surface area (Å²) < 4.78 is 29.1. The van der Waals surface area contributed by atoms with Gasteiger partial charge in [0, 0.05) is 25.0 Å². The molecule has 116 valence electrons. The fourth-order valence-corrected chi connectivity index (χ4v) is 3.88. The molecule has 21 heavy (non-hydrogen) atoms. The van der Waals surface area contributed by atoms with Crippen LogP contribution in [0.15, 0.2) is 17.2 Å². The van der Waals surface area contributed by atoms with E-state index >= 15 is 0 Å². The Morgan fingerprint density at radius 3 is 2.67 bits per heavy atom. The molecular weight excluding hydrogens is 310 g/mol. The highest BCUT2D eigenvalue weighted by atomic mass is 32.2. The Kier molecular flexibility index (Phi) is 4.96. The summed E-state index contributed by atoms with van der Waals surface area (Å²) in [5.74, 6) is 0. The quantitative estimate of drug-likeness (QED) is 0.802. The van der Waals surface area contributed by atoms with E-state index in [1.54, 1.807) is 12.3 Å². The van der Waals surface area contributed by atoms with E-state index in [1.807, 2.05) is 25.5 Å². The summed E-state index contributed by atoms with van der Waals surface area (Å²) in [6.07, 6.45) is 2.37. The minimum atomic E-state index is -3.63. The number of aromatic nitrogens is 3. The van der Waals surface area contributed by atoms with E-state index in [2.05, 4.69) is 20.2 Å². The van der Waals surface area contributed by atoms with Crippen LogP contribution in [0.5, 0.6) is 0 Å². The summed E-state index contributed by atoms with van der Waals surface area (Å²) in [4.78, 5) is 0.239. The van der Waals surface area contributed by atoms with Gasteiger partial charge in [-0.2, -0.15) is 0 Å². The zero-order valence-electron chi connectivity index (χ0n) is 12.3. The standard InChI is InChI=1S/C12H19N5O2S2/c1-4-11-14-15-12(20-11)16-21(18,19)10-6-9(7-13-3)17(5-2)8-10/h6,8,13H,4-5,7H2,1-3H3,(H,15,16). The summed E-state index contributed by atoms with van der Waals surface area (Å²) in [7, 11) is -1.80. The van der Waals surface area contributed by atoms with Crippen LogP contribution >= 0.6 is 11.3 Å². The monoisotopic (exact) mass is 329 g/mol. The smallest absolute Gasteiger partial charge is 0.265 e. The van der Waals surface area contributed by atoms with Gasteiger partial charge < -0.3 is 9.88 Å². The predicted molar refractivity (Wildman–Crippen MR) is 83.0 cm³/mol. The van der Waals surface area contributed by atoms with Crippen LogP contribution in [-0.2, 0) is 29.5 Å². The summed E-state index contributed by atoms with van der Waals surface area (Å²) in [6.45, 7) is 5.25. The van der Waals surface area contributed by atoms with Gasteiger partial charge in [0.15, 0.2) is 0 Å². The van der Waals surface area contributed by atoms with Gasteiger partial charge in [0.05, 0.1) is 0 Å². The summed E-state index contributed by atoms with van der Waals surface area (Å²) >= 11 is 1.25. The summed E-state index contributed by atoms with van der Waals surface area (Å²) in [5, 5.41) is 11.9. The molecule has 2 N–H and O–H groups in total. The number of nitrogens with one attached hydrogen (secondary N) is 2.